The number of hydrogen-bond donors (Lipinski definition) is 1. The number of aliphatic hydroxyl groups is 1. The Labute approximate surface area is 187 Å². The zero-order valence-corrected chi connectivity index (χ0v) is 18.8. The highest BCUT2D eigenvalue weighted by Crippen LogP contribution is 2.54. The summed E-state index contributed by atoms with van der Waals surface area (Å²) in [5, 5.41) is 11.2. The standard InChI is InChI=1S/C21H18Cl2F3NO3S/c1-11-3-6-13(7-4-11)31(29,30)27-16-10-9-15(22)18(23)17(16)14-8-5-12(2)20(28,19(14)27)21(24,25)26/h3-4,6-7,9-10,12,28H,5,8H2,1-2H3. The van der Waals surface area contributed by atoms with E-state index in [4.69, 9.17) is 23.2 Å². The molecule has 0 spiro atoms. The molecule has 0 aliphatic heterocycles. The normalized spacial score (nSPS) is 22.0. The average molecular weight is 492 g/mol. The molecule has 3 aromatic rings. The molecule has 0 fully saturated rings. The Kier molecular flexibility index (Phi) is 5.17. The van der Waals surface area contributed by atoms with Crippen molar-refractivity contribution in [3.63, 3.8) is 0 Å². The second kappa shape index (κ2) is 7.13. The van der Waals surface area contributed by atoms with Gasteiger partial charge < -0.3 is 5.11 Å². The fourth-order valence-electron chi connectivity index (χ4n) is 4.27. The minimum absolute atomic E-state index is 0.00442. The summed E-state index contributed by atoms with van der Waals surface area (Å²) in [6, 6.07) is 8.38. The molecule has 4 nitrogen and oxygen atoms in total. The van der Waals surface area contributed by atoms with Gasteiger partial charge in [0.2, 0.25) is 5.60 Å². The number of halogens is 5. The van der Waals surface area contributed by atoms with E-state index < -0.39 is 33.4 Å². The molecule has 31 heavy (non-hydrogen) atoms. The lowest BCUT2D eigenvalue weighted by Gasteiger charge is -2.40. The minimum atomic E-state index is -5.12. The number of alkyl halides is 3. The van der Waals surface area contributed by atoms with Crippen molar-refractivity contribution in [1.82, 2.24) is 3.97 Å². The van der Waals surface area contributed by atoms with Crippen molar-refractivity contribution in [3.05, 3.63) is 63.3 Å². The molecule has 166 valence electrons. The molecule has 0 saturated heterocycles. The Balaban J connectivity index is 2.21. The zero-order chi connectivity index (χ0) is 22.9. The maximum Gasteiger partial charge on any atom is 0.423 e. The Hall–Kier alpha value is -1.74. The summed E-state index contributed by atoms with van der Waals surface area (Å²) in [6.07, 6.45) is -5.01. The van der Waals surface area contributed by atoms with Gasteiger partial charge in [0.1, 0.15) is 0 Å². The Morgan fingerprint density at radius 2 is 1.74 bits per heavy atom. The van der Waals surface area contributed by atoms with Gasteiger partial charge in [-0.05, 0) is 55.5 Å². The molecule has 1 aliphatic rings. The molecular weight excluding hydrogens is 474 g/mol. The molecule has 2 atom stereocenters. The van der Waals surface area contributed by atoms with E-state index in [0.717, 1.165) is 5.56 Å². The molecule has 1 aromatic heterocycles. The van der Waals surface area contributed by atoms with Crippen molar-refractivity contribution in [2.75, 3.05) is 0 Å². The van der Waals surface area contributed by atoms with Crippen LogP contribution in [0.2, 0.25) is 10.0 Å². The number of hydrogen-bond acceptors (Lipinski definition) is 3. The van der Waals surface area contributed by atoms with Gasteiger partial charge in [-0.3, -0.25) is 0 Å². The smallest absolute Gasteiger partial charge is 0.375 e. The molecule has 2 aromatic carbocycles. The quantitative estimate of drug-likeness (QED) is 0.490. The third-order valence-corrected chi connectivity index (χ3v) is 8.51. The van der Waals surface area contributed by atoms with Crippen molar-refractivity contribution in [2.45, 2.75) is 43.4 Å². The first-order valence-electron chi connectivity index (χ1n) is 9.45. The number of rotatable bonds is 2. The van der Waals surface area contributed by atoms with Crippen molar-refractivity contribution in [3.8, 4) is 0 Å². The Morgan fingerprint density at radius 1 is 1.13 bits per heavy atom. The van der Waals surface area contributed by atoms with Crippen LogP contribution in [0.15, 0.2) is 41.3 Å². The monoisotopic (exact) mass is 491 g/mol. The van der Waals surface area contributed by atoms with E-state index in [2.05, 4.69) is 0 Å². The third-order valence-electron chi connectivity index (χ3n) is 5.98. The van der Waals surface area contributed by atoms with Crippen LogP contribution in [-0.4, -0.2) is 23.7 Å². The number of benzene rings is 2. The van der Waals surface area contributed by atoms with E-state index in [-0.39, 0.29) is 44.2 Å². The predicted molar refractivity (Wildman–Crippen MR) is 113 cm³/mol. The van der Waals surface area contributed by atoms with Gasteiger partial charge in [0, 0.05) is 5.39 Å². The lowest BCUT2D eigenvalue weighted by Crippen LogP contribution is -2.51. The molecule has 0 saturated carbocycles. The molecule has 10 heteroatoms. The molecule has 2 unspecified atom stereocenters. The van der Waals surface area contributed by atoms with Crippen LogP contribution in [0, 0.1) is 12.8 Å². The van der Waals surface area contributed by atoms with Crippen molar-refractivity contribution in [2.24, 2.45) is 5.92 Å². The molecule has 0 amide bonds. The Morgan fingerprint density at radius 3 is 2.32 bits per heavy atom. The van der Waals surface area contributed by atoms with Crippen LogP contribution < -0.4 is 0 Å². The van der Waals surface area contributed by atoms with Crippen LogP contribution in [0.3, 0.4) is 0 Å². The maximum absolute atomic E-state index is 14.3. The van der Waals surface area contributed by atoms with Crippen LogP contribution >= 0.6 is 23.2 Å². The van der Waals surface area contributed by atoms with Gasteiger partial charge in [-0.15, -0.1) is 0 Å². The van der Waals surface area contributed by atoms with Gasteiger partial charge >= 0.3 is 6.18 Å². The highest BCUT2D eigenvalue weighted by molar-refractivity contribution is 7.90. The van der Waals surface area contributed by atoms with Gasteiger partial charge in [-0.2, -0.15) is 13.2 Å². The Bertz CT molecular complexity index is 1300. The molecule has 0 bridgehead atoms. The summed E-state index contributed by atoms with van der Waals surface area (Å²) in [5.74, 6) is -1.27. The summed E-state index contributed by atoms with van der Waals surface area (Å²) in [5.41, 5.74) is -3.34. The minimum Gasteiger partial charge on any atom is -0.375 e. The lowest BCUT2D eigenvalue weighted by atomic mass is 9.75. The van der Waals surface area contributed by atoms with Crippen LogP contribution in [0.25, 0.3) is 10.9 Å². The number of aryl methyl sites for hydroxylation is 2. The van der Waals surface area contributed by atoms with E-state index in [1.54, 1.807) is 19.1 Å². The molecule has 1 heterocycles. The first kappa shape index (κ1) is 22.5. The fraction of sp³-hybridized carbons (Fsp3) is 0.333. The number of fused-ring (bicyclic) bond motifs is 3. The third kappa shape index (κ3) is 3.10. The summed E-state index contributed by atoms with van der Waals surface area (Å²) in [7, 11) is -4.51. The number of nitrogens with zero attached hydrogens (tertiary/aromatic N) is 1. The second-order valence-electron chi connectivity index (χ2n) is 7.87. The van der Waals surface area contributed by atoms with Crippen LogP contribution in [0.5, 0.6) is 0 Å². The first-order valence-corrected chi connectivity index (χ1v) is 11.6. The molecular formula is C21H18Cl2F3NO3S. The highest BCUT2D eigenvalue weighted by atomic mass is 35.5. The van der Waals surface area contributed by atoms with Crippen LogP contribution in [0.1, 0.15) is 30.2 Å². The van der Waals surface area contributed by atoms with Gasteiger partial charge in [0.25, 0.3) is 10.0 Å². The van der Waals surface area contributed by atoms with E-state index in [1.807, 2.05) is 0 Å². The predicted octanol–water partition coefficient (Wildman–Crippen LogP) is 5.83. The molecule has 1 aliphatic carbocycles. The SMILES string of the molecule is Cc1ccc(S(=O)(=O)n2c3c(c4c(Cl)c(Cl)ccc42)CCC(C)C3(O)C(F)(F)F)cc1. The fourth-order valence-corrected chi connectivity index (χ4v) is 6.29. The molecule has 0 radical (unpaired) electrons. The lowest BCUT2D eigenvalue weighted by molar-refractivity contribution is -0.289. The summed E-state index contributed by atoms with van der Waals surface area (Å²) < 4.78 is 70.6. The summed E-state index contributed by atoms with van der Waals surface area (Å²) in [4.78, 5) is -0.202. The average Bonchev–Trinajstić information content (AvgIpc) is 3.03. The largest absolute Gasteiger partial charge is 0.423 e. The van der Waals surface area contributed by atoms with Crippen molar-refractivity contribution >= 4 is 44.1 Å². The van der Waals surface area contributed by atoms with Gasteiger partial charge in [0.15, 0.2) is 0 Å². The highest BCUT2D eigenvalue weighted by Gasteiger charge is 2.63. The van der Waals surface area contributed by atoms with Gasteiger partial charge in [0.05, 0.1) is 26.2 Å². The maximum atomic E-state index is 14.3. The molecule has 4 rings (SSSR count). The van der Waals surface area contributed by atoms with E-state index >= 15 is 0 Å². The first-order chi connectivity index (χ1) is 14.3. The van der Waals surface area contributed by atoms with E-state index in [0.29, 0.717) is 3.97 Å². The topological polar surface area (TPSA) is 59.3 Å². The van der Waals surface area contributed by atoms with Crippen molar-refractivity contribution in [1.29, 1.82) is 0 Å². The molecule has 1 N–H and O–H groups in total. The van der Waals surface area contributed by atoms with Crippen molar-refractivity contribution < 1.29 is 26.7 Å². The second-order valence-corrected chi connectivity index (χ2v) is 10.4. The van der Waals surface area contributed by atoms with Gasteiger partial charge in [-0.1, -0.05) is 47.8 Å². The summed E-state index contributed by atoms with van der Waals surface area (Å²) >= 11 is 12.4. The number of aromatic nitrogens is 1. The van der Waals surface area contributed by atoms with E-state index in [9.17, 15) is 26.7 Å². The summed E-state index contributed by atoms with van der Waals surface area (Å²) in [6.45, 7) is 3.01. The van der Waals surface area contributed by atoms with Gasteiger partial charge in [-0.25, -0.2) is 12.4 Å². The zero-order valence-electron chi connectivity index (χ0n) is 16.5. The van der Waals surface area contributed by atoms with Crippen LogP contribution in [0.4, 0.5) is 13.2 Å². The van der Waals surface area contributed by atoms with E-state index in [1.165, 1.54) is 31.2 Å². The van der Waals surface area contributed by atoms with Crippen LogP contribution in [-0.2, 0) is 22.0 Å².